The first-order chi connectivity index (χ1) is 9.84. The van der Waals surface area contributed by atoms with Gasteiger partial charge in [-0.1, -0.05) is 26.3 Å². The molecule has 3 rings (SSSR count). The second-order valence-corrected chi connectivity index (χ2v) is 8.03. The van der Waals surface area contributed by atoms with Gasteiger partial charge in [-0.25, -0.2) is 0 Å². The molecule has 0 saturated heterocycles. The van der Waals surface area contributed by atoms with Gasteiger partial charge in [-0.05, 0) is 68.8 Å². The average Bonchev–Trinajstić information content (AvgIpc) is 2.44. The summed E-state index contributed by atoms with van der Waals surface area (Å²) in [4.78, 5) is 24.1. The Morgan fingerprint density at radius 2 is 1.95 bits per heavy atom. The van der Waals surface area contributed by atoms with Crippen LogP contribution >= 0.6 is 0 Å². The van der Waals surface area contributed by atoms with E-state index in [2.05, 4.69) is 20.8 Å². The molecule has 0 aliphatic heterocycles. The fraction of sp³-hybridized carbons (Fsp3) is 0.789. The first-order valence-corrected chi connectivity index (χ1v) is 8.60. The normalized spacial score (nSPS) is 46.4. The summed E-state index contributed by atoms with van der Waals surface area (Å²) in [6.45, 7) is 8.32. The Morgan fingerprint density at radius 3 is 2.62 bits per heavy atom. The minimum absolute atomic E-state index is 0.127. The molecule has 0 aromatic rings. The van der Waals surface area contributed by atoms with Gasteiger partial charge in [0.05, 0.1) is 0 Å². The van der Waals surface area contributed by atoms with Crippen molar-refractivity contribution in [2.24, 2.45) is 35.0 Å². The molecule has 2 nitrogen and oxygen atoms in total. The number of fused-ring (bicyclic) bond motifs is 3. The summed E-state index contributed by atoms with van der Waals surface area (Å²) in [6, 6.07) is 0. The van der Waals surface area contributed by atoms with Crippen molar-refractivity contribution in [1.82, 2.24) is 0 Å². The van der Waals surface area contributed by atoms with Crippen LogP contribution in [0.2, 0.25) is 0 Å². The molecule has 3 aliphatic rings. The van der Waals surface area contributed by atoms with E-state index in [4.69, 9.17) is 0 Å². The van der Waals surface area contributed by atoms with Gasteiger partial charge in [-0.3, -0.25) is 9.59 Å². The Labute approximate surface area is 128 Å². The molecule has 0 unspecified atom stereocenters. The zero-order chi connectivity index (χ0) is 15.4. The fourth-order valence-electron chi connectivity index (χ4n) is 5.33. The van der Waals surface area contributed by atoms with Gasteiger partial charge < -0.3 is 0 Å². The van der Waals surface area contributed by atoms with E-state index in [-0.39, 0.29) is 11.3 Å². The highest BCUT2D eigenvalue weighted by molar-refractivity contribution is 5.93. The molecule has 2 saturated carbocycles. The van der Waals surface area contributed by atoms with Crippen molar-refractivity contribution in [2.45, 2.75) is 59.8 Å². The summed E-state index contributed by atoms with van der Waals surface area (Å²) >= 11 is 0. The highest BCUT2D eigenvalue weighted by Crippen LogP contribution is 2.56. The van der Waals surface area contributed by atoms with Crippen LogP contribution in [0.15, 0.2) is 11.6 Å². The quantitative estimate of drug-likeness (QED) is 0.725. The average molecular weight is 288 g/mol. The Kier molecular flexibility index (Phi) is 3.62. The van der Waals surface area contributed by atoms with Crippen molar-refractivity contribution in [3.63, 3.8) is 0 Å². The molecule has 116 valence electrons. The summed E-state index contributed by atoms with van der Waals surface area (Å²) < 4.78 is 0. The second-order valence-electron chi connectivity index (χ2n) is 8.03. The van der Waals surface area contributed by atoms with Crippen LogP contribution in [-0.2, 0) is 9.59 Å². The Morgan fingerprint density at radius 1 is 1.24 bits per heavy atom. The molecule has 0 heterocycles. The summed E-state index contributed by atoms with van der Waals surface area (Å²) in [6.07, 6.45) is 7.42. The van der Waals surface area contributed by atoms with Gasteiger partial charge in [0.15, 0.2) is 5.78 Å². The minimum Gasteiger partial charge on any atom is -0.299 e. The lowest BCUT2D eigenvalue weighted by Crippen LogP contribution is -2.48. The Hall–Kier alpha value is -0.920. The van der Waals surface area contributed by atoms with Gasteiger partial charge in [-0.2, -0.15) is 0 Å². The summed E-state index contributed by atoms with van der Waals surface area (Å²) in [5.41, 5.74) is 1.29. The number of hydrogen-bond acceptors (Lipinski definition) is 2. The lowest BCUT2D eigenvalue weighted by Gasteiger charge is -2.53. The fourth-order valence-corrected chi connectivity index (χ4v) is 5.33. The van der Waals surface area contributed by atoms with E-state index >= 15 is 0 Å². The maximum Gasteiger partial charge on any atom is 0.158 e. The molecule has 0 bridgehead atoms. The molecule has 0 radical (unpaired) electrons. The standard InChI is InChI=1S/C19H28O2/c1-11-9-17-14(10-18(11)21)5-6-15-12(2)19(4,13(3)20)8-7-16(15)17/h10-12,15-17H,5-9H2,1-4H3/t11-,12+,15+,16+,17+,19+/m1/s1. The number of hydrogen-bond donors (Lipinski definition) is 0. The number of ketones is 2. The van der Waals surface area contributed by atoms with Crippen molar-refractivity contribution < 1.29 is 9.59 Å². The van der Waals surface area contributed by atoms with E-state index in [0.717, 1.165) is 25.7 Å². The van der Waals surface area contributed by atoms with Crippen LogP contribution in [0.4, 0.5) is 0 Å². The molecular formula is C19H28O2. The molecule has 0 aromatic heterocycles. The zero-order valence-electron chi connectivity index (χ0n) is 13.8. The van der Waals surface area contributed by atoms with E-state index in [1.807, 2.05) is 6.08 Å². The van der Waals surface area contributed by atoms with E-state index in [1.54, 1.807) is 6.92 Å². The molecule has 6 atom stereocenters. The monoisotopic (exact) mass is 288 g/mol. The number of allylic oxidation sites excluding steroid dienone is 2. The molecule has 0 N–H and O–H groups in total. The number of Topliss-reactive ketones (excluding diaryl/α,β-unsaturated/α-hetero) is 1. The molecule has 21 heavy (non-hydrogen) atoms. The van der Waals surface area contributed by atoms with Crippen LogP contribution in [0, 0.1) is 35.0 Å². The SMILES string of the molecule is CC(=O)[C@@]1(C)CC[C@H]2[C@@H](CCC3=CC(=O)[C@H](C)C[C@@H]32)[C@@H]1C. The minimum atomic E-state index is -0.127. The third kappa shape index (κ3) is 2.22. The van der Waals surface area contributed by atoms with Crippen LogP contribution in [0.25, 0.3) is 0 Å². The molecular weight excluding hydrogens is 260 g/mol. The Balaban J connectivity index is 1.88. The van der Waals surface area contributed by atoms with Gasteiger partial charge in [0.1, 0.15) is 5.78 Å². The first kappa shape index (κ1) is 15.0. The van der Waals surface area contributed by atoms with Crippen molar-refractivity contribution >= 4 is 11.6 Å². The second kappa shape index (κ2) is 5.07. The summed E-state index contributed by atoms with van der Waals surface area (Å²) in [5, 5.41) is 0. The molecule has 2 fully saturated rings. The van der Waals surface area contributed by atoms with Gasteiger partial charge in [0.2, 0.25) is 0 Å². The van der Waals surface area contributed by atoms with Gasteiger partial charge in [-0.15, -0.1) is 0 Å². The molecule has 2 heteroatoms. The predicted octanol–water partition coefficient (Wildman–Crippen LogP) is 4.19. The number of rotatable bonds is 1. The topological polar surface area (TPSA) is 34.1 Å². The molecule has 0 aromatic carbocycles. The largest absolute Gasteiger partial charge is 0.299 e. The third-order valence-corrected chi connectivity index (χ3v) is 7.18. The lowest BCUT2D eigenvalue weighted by molar-refractivity contribution is -0.135. The van der Waals surface area contributed by atoms with E-state index in [9.17, 15) is 9.59 Å². The smallest absolute Gasteiger partial charge is 0.158 e. The highest BCUT2D eigenvalue weighted by Gasteiger charge is 2.51. The maximum absolute atomic E-state index is 12.1. The van der Waals surface area contributed by atoms with Crippen molar-refractivity contribution in [2.75, 3.05) is 0 Å². The molecule has 0 amide bonds. The summed E-state index contributed by atoms with van der Waals surface area (Å²) in [7, 11) is 0. The van der Waals surface area contributed by atoms with Crippen molar-refractivity contribution in [3.05, 3.63) is 11.6 Å². The lowest BCUT2D eigenvalue weighted by atomic mass is 9.51. The van der Waals surface area contributed by atoms with Gasteiger partial charge >= 0.3 is 0 Å². The zero-order valence-corrected chi connectivity index (χ0v) is 13.8. The molecule has 0 spiro atoms. The van der Waals surface area contributed by atoms with Crippen LogP contribution < -0.4 is 0 Å². The van der Waals surface area contributed by atoms with Gasteiger partial charge in [0, 0.05) is 11.3 Å². The van der Waals surface area contributed by atoms with E-state index in [0.29, 0.717) is 35.2 Å². The maximum atomic E-state index is 12.1. The molecule has 3 aliphatic carbocycles. The third-order valence-electron chi connectivity index (χ3n) is 7.18. The predicted molar refractivity (Wildman–Crippen MR) is 83.8 cm³/mol. The van der Waals surface area contributed by atoms with Crippen molar-refractivity contribution in [3.8, 4) is 0 Å². The van der Waals surface area contributed by atoms with Crippen LogP contribution in [0.1, 0.15) is 59.8 Å². The Bertz CT molecular complexity index is 504. The van der Waals surface area contributed by atoms with Crippen LogP contribution in [0.3, 0.4) is 0 Å². The van der Waals surface area contributed by atoms with Crippen LogP contribution in [0.5, 0.6) is 0 Å². The van der Waals surface area contributed by atoms with Crippen LogP contribution in [-0.4, -0.2) is 11.6 Å². The van der Waals surface area contributed by atoms with E-state index in [1.165, 1.54) is 12.0 Å². The first-order valence-electron chi connectivity index (χ1n) is 8.60. The summed E-state index contributed by atoms with van der Waals surface area (Å²) in [5.74, 6) is 3.32. The van der Waals surface area contributed by atoms with Crippen molar-refractivity contribution in [1.29, 1.82) is 0 Å². The number of carbonyl (C=O) groups is 2. The number of carbonyl (C=O) groups excluding carboxylic acids is 2. The van der Waals surface area contributed by atoms with Gasteiger partial charge in [0.25, 0.3) is 0 Å². The van der Waals surface area contributed by atoms with E-state index < -0.39 is 0 Å². The highest BCUT2D eigenvalue weighted by atomic mass is 16.1.